The molecule has 1 aromatic heterocycles. The normalized spacial score (nSPS) is 20.1. The Kier molecular flexibility index (Phi) is 4.45. The van der Waals surface area contributed by atoms with Crippen molar-refractivity contribution in [3.05, 3.63) is 23.0 Å². The van der Waals surface area contributed by atoms with Crippen LogP contribution in [0.4, 0.5) is 0 Å². The molecule has 0 bridgehead atoms. The van der Waals surface area contributed by atoms with E-state index in [4.69, 9.17) is 16.3 Å². The molecule has 0 aromatic carbocycles. The lowest BCUT2D eigenvalue weighted by molar-refractivity contribution is 0.182. The van der Waals surface area contributed by atoms with Crippen LogP contribution in [0.15, 0.2) is 17.2 Å². The van der Waals surface area contributed by atoms with E-state index in [1.54, 1.807) is 20.0 Å². The number of ether oxygens (including phenoxy) is 1. The highest BCUT2D eigenvalue weighted by molar-refractivity contribution is 7.89. The van der Waals surface area contributed by atoms with Crippen molar-refractivity contribution in [2.45, 2.75) is 18.2 Å². The highest BCUT2D eigenvalue weighted by atomic mass is 35.5. The molecule has 0 amide bonds. The standard InChI is InChI=1S/C12H17ClN2O3S/c1-9-5-11(6-14-12(9)13)19(16,17)15(2)7-10-3-4-18-8-10/h5-6,10H,3-4,7-8H2,1-2H3/t10-/m0/s1. The van der Waals surface area contributed by atoms with Crippen LogP contribution in [0.25, 0.3) is 0 Å². The molecule has 1 aliphatic rings. The third-order valence-corrected chi connectivity index (χ3v) is 5.42. The molecule has 1 aromatic rings. The molecule has 1 saturated heterocycles. The first kappa shape index (κ1) is 14.7. The molecule has 1 aliphatic heterocycles. The summed E-state index contributed by atoms with van der Waals surface area (Å²) in [7, 11) is -1.93. The van der Waals surface area contributed by atoms with Crippen LogP contribution in [0.5, 0.6) is 0 Å². The van der Waals surface area contributed by atoms with Gasteiger partial charge in [0.15, 0.2) is 0 Å². The second kappa shape index (κ2) is 5.75. The van der Waals surface area contributed by atoms with E-state index in [-0.39, 0.29) is 10.8 Å². The third-order valence-electron chi connectivity index (χ3n) is 3.24. The van der Waals surface area contributed by atoms with Crippen LogP contribution in [-0.4, -0.2) is 44.5 Å². The Hall–Kier alpha value is -0.690. The minimum absolute atomic E-state index is 0.177. The predicted octanol–water partition coefficient (Wildman–Crippen LogP) is 1.70. The summed E-state index contributed by atoms with van der Waals surface area (Å²) in [4.78, 5) is 4.07. The third kappa shape index (κ3) is 3.25. The van der Waals surface area contributed by atoms with Gasteiger partial charge >= 0.3 is 0 Å². The molecule has 106 valence electrons. The van der Waals surface area contributed by atoms with Crippen molar-refractivity contribution in [3.8, 4) is 0 Å². The molecule has 19 heavy (non-hydrogen) atoms. The maximum atomic E-state index is 12.4. The second-order valence-electron chi connectivity index (χ2n) is 4.79. The average Bonchev–Trinajstić information content (AvgIpc) is 2.85. The van der Waals surface area contributed by atoms with Crippen molar-refractivity contribution in [2.75, 3.05) is 26.8 Å². The van der Waals surface area contributed by atoms with Gasteiger partial charge in [0.1, 0.15) is 10.0 Å². The van der Waals surface area contributed by atoms with E-state index in [9.17, 15) is 8.42 Å². The van der Waals surface area contributed by atoms with Gasteiger partial charge in [0, 0.05) is 26.4 Å². The van der Waals surface area contributed by atoms with Crippen LogP contribution in [-0.2, 0) is 14.8 Å². The summed E-state index contributed by atoms with van der Waals surface area (Å²) in [6.07, 6.45) is 2.20. The van der Waals surface area contributed by atoms with Crippen molar-refractivity contribution in [3.63, 3.8) is 0 Å². The SMILES string of the molecule is Cc1cc(S(=O)(=O)N(C)C[C@@H]2CCOC2)cnc1Cl. The number of rotatable bonds is 4. The fourth-order valence-electron chi connectivity index (χ4n) is 2.04. The first-order valence-electron chi connectivity index (χ1n) is 6.07. The molecule has 0 aliphatic carbocycles. The summed E-state index contributed by atoms with van der Waals surface area (Å²) < 4.78 is 31.4. The predicted molar refractivity (Wildman–Crippen MR) is 72.7 cm³/mol. The Balaban J connectivity index is 2.18. The van der Waals surface area contributed by atoms with Crippen LogP contribution in [0.2, 0.25) is 5.15 Å². The molecule has 0 unspecified atom stereocenters. The van der Waals surface area contributed by atoms with E-state index in [1.165, 1.54) is 10.5 Å². The molecule has 1 fully saturated rings. The number of nitrogens with zero attached hydrogens (tertiary/aromatic N) is 2. The van der Waals surface area contributed by atoms with Gasteiger partial charge in [-0.15, -0.1) is 0 Å². The van der Waals surface area contributed by atoms with E-state index < -0.39 is 10.0 Å². The first-order chi connectivity index (χ1) is 8.91. The fraction of sp³-hybridized carbons (Fsp3) is 0.583. The molecular weight excluding hydrogens is 288 g/mol. The zero-order chi connectivity index (χ0) is 14.0. The average molecular weight is 305 g/mol. The fourth-order valence-corrected chi connectivity index (χ4v) is 3.42. The van der Waals surface area contributed by atoms with Crippen LogP contribution in [0.1, 0.15) is 12.0 Å². The number of hydrogen-bond acceptors (Lipinski definition) is 4. The molecule has 7 heteroatoms. The van der Waals surface area contributed by atoms with Gasteiger partial charge < -0.3 is 4.74 Å². The first-order valence-corrected chi connectivity index (χ1v) is 7.89. The zero-order valence-electron chi connectivity index (χ0n) is 11.0. The lowest BCUT2D eigenvalue weighted by atomic mass is 10.1. The quantitative estimate of drug-likeness (QED) is 0.794. The lowest BCUT2D eigenvalue weighted by Gasteiger charge is -2.20. The molecule has 0 spiro atoms. The van der Waals surface area contributed by atoms with E-state index in [1.807, 2.05) is 0 Å². The molecule has 0 N–H and O–H groups in total. The van der Waals surface area contributed by atoms with Gasteiger partial charge in [0.05, 0.1) is 6.61 Å². The minimum Gasteiger partial charge on any atom is -0.381 e. The Morgan fingerprint density at radius 3 is 2.89 bits per heavy atom. The summed E-state index contributed by atoms with van der Waals surface area (Å²) >= 11 is 5.81. The number of hydrogen-bond donors (Lipinski definition) is 0. The minimum atomic E-state index is -3.51. The van der Waals surface area contributed by atoms with Crippen molar-refractivity contribution in [1.82, 2.24) is 9.29 Å². The number of aromatic nitrogens is 1. The molecule has 0 saturated carbocycles. The van der Waals surface area contributed by atoms with Crippen molar-refractivity contribution < 1.29 is 13.2 Å². The Morgan fingerprint density at radius 1 is 1.58 bits per heavy atom. The Bertz CT molecular complexity index is 556. The van der Waals surface area contributed by atoms with E-state index in [2.05, 4.69) is 4.98 Å². The molecule has 0 radical (unpaired) electrons. The van der Waals surface area contributed by atoms with Gasteiger partial charge in [0.2, 0.25) is 10.0 Å². The summed E-state index contributed by atoms with van der Waals surface area (Å²) in [5, 5.41) is 0.325. The Labute approximate surface area is 118 Å². The summed E-state index contributed by atoms with van der Waals surface area (Å²) in [5.74, 6) is 0.265. The lowest BCUT2D eigenvalue weighted by Crippen LogP contribution is -2.32. The highest BCUT2D eigenvalue weighted by Crippen LogP contribution is 2.21. The van der Waals surface area contributed by atoms with E-state index in [0.717, 1.165) is 6.42 Å². The molecule has 1 atom stereocenters. The molecule has 2 rings (SSSR count). The summed E-state index contributed by atoms with van der Waals surface area (Å²) in [6, 6.07) is 1.55. The monoisotopic (exact) mass is 304 g/mol. The number of halogens is 1. The van der Waals surface area contributed by atoms with Crippen molar-refractivity contribution in [1.29, 1.82) is 0 Å². The van der Waals surface area contributed by atoms with E-state index >= 15 is 0 Å². The molecule has 2 heterocycles. The van der Waals surface area contributed by atoms with Gasteiger partial charge in [0.25, 0.3) is 0 Å². The van der Waals surface area contributed by atoms with Gasteiger partial charge in [-0.05, 0) is 30.9 Å². The maximum Gasteiger partial charge on any atom is 0.244 e. The number of aryl methyl sites for hydroxylation is 1. The van der Waals surface area contributed by atoms with Gasteiger partial charge in [-0.2, -0.15) is 0 Å². The largest absolute Gasteiger partial charge is 0.381 e. The van der Waals surface area contributed by atoms with E-state index in [0.29, 0.717) is 30.5 Å². The summed E-state index contributed by atoms with van der Waals surface area (Å²) in [6.45, 7) is 3.53. The van der Waals surface area contributed by atoms with Gasteiger partial charge in [-0.25, -0.2) is 17.7 Å². The van der Waals surface area contributed by atoms with Crippen LogP contribution in [0, 0.1) is 12.8 Å². The highest BCUT2D eigenvalue weighted by Gasteiger charge is 2.26. The van der Waals surface area contributed by atoms with Gasteiger partial charge in [-0.1, -0.05) is 11.6 Å². The number of pyridine rings is 1. The van der Waals surface area contributed by atoms with Crippen LogP contribution < -0.4 is 0 Å². The van der Waals surface area contributed by atoms with Crippen LogP contribution >= 0.6 is 11.6 Å². The topological polar surface area (TPSA) is 59.5 Å². The maximum absolute atomic E-state index is 12.4. The van der Waals surface area contributed by atoms with Crippen LogP contribution in [0.3, 0.4) is 0 Å². The number of sulfonamides is 1. The van der Waals surface area contributed by atoms with Gasteiger partial charge in [-0.3, -0.25) is 0 Å². The Morgan fingerprint density at radius 2 is 2.32 bits per heavy atom. The summed E-state index contributed by atoms with van der Waals surface area (Å²) in [5.41, 5.74) is 0.653. The second-order valence-corrected chi connectivity index (χ2v) is 7.20. The van der Waals surface area contributed by atoms with Crippen molar-refractivity contribution >= 4 is 21.6 Å². The zero-order valence-corrected chi connectivity index (χ0v) is 12.5. The smallest absolute Gasteiger partial charge is 0.244 e. The van der Waals surface area contributed by atoms with Crippen molar-refractivity contribution in [2.24, 2.45) is 5.92 Å². The molecular formula is C12H17ClN2O3S. The molecule has 5 nitrogen and oxygen atoms in total.